The molecule has 0 saturated heterocycles. The lowest BCUT2D eigenvalue weighted by atomic mass is 9.87. The number of hydrogen-bond donors (Lipinski definition) is 2. The van der Waals surface area contributed by atoms with Crippen molar-refractivity contribution in [3.8, 4) is 0 Å². The van der Waals surface area contributed by atoms with Crippen molar-refractivity contribution in [3.05, 3.63) is 26.6 Å². The molecular weight excluding hydrogens is 454 g/mol. The third-order valence-corrected chi connectivity index (χ3v) is 5.57. The molecule has 3 rings (SSSR count). The van der Waals surface area contributed by atoms with E-state index >= 15 is 0 Å². The number of carbonyl (C=O) groups is 1. The highest BCUT2D eigenvalue weighted by molar-refractivity contribution is 9.11. The van der Waals surface area contributed by atoms with E-state index in [0.717, 1.165) is 36.6 Å². The van der Waals surface area contributed by atoms with Crippen LogP contribution in [0.5, 0.6) is 0 Å². The fourth-order valence-corrected chi connectivity index (χ4v) is 4.91. The minimum absolute atomic E-state index is 0.170. The molecular formula is C16H19Br2N5O2. The molecule has 0 amide bonds. The molecule has 9 heteroatoms. The molecule has 0 aromatic heterocycles. The summed E-state index contributed by atoms with van der Waals surface area (Å²) in [6.45, 7) is 0. The molecule has 1 aliphatic carbocycles. The van der Waals surface area contributed by atoms with Gasteiger partial charge in [0.2, 0.25) is 11.9 Å². The summed E-state index contributed by atoms with van der Waals surface area (Å²) in [5.41, 5.74) is 12.5. The summed E-state index contributed by atoms with van der Waals surface area (Å²) in [6, 6.07) is 3.56. The smallest absolute Gasteiger partial charge is 0.340 e. The van der Waals surface area contributed by atoms with Crippen LogP contribution in [0.25, 0.3) is 0 Å². The molecule has 1 aromatic rings. The minimum Gasteiger partial charge on any atom is -0.465 e. The maximum absolute atomic E-state index is 12.4. The Labute approximate surface area is 162 Å². The van der Waals surface area contributed by atoms with Crippen LogP contribution in [0.1, 0.15) is 42.5 Å². The first kappa shape index (κ1) is 18.2. The summed E-state index contributed by atoms with van der Waals surface area (Å²) in [5.74, 6) is -0.0654. The van der Waals surface area contributed by atoms with Crippen LogP contribution in [0.3, 0.4) is 0 Å². The summed E-state index contributed by atoms with van der Waals surface area (Å²) < 4.78 is 6.40. The fraction of sp³-hybridized carbons (Fsp3) is 0.438. The lowest BCUT2D eigenvalue weighted by Gasteiger charge is -2.46. The van der Waals surface area contributed by atoms with E-state index in [1.807, 2.05) is 11.0 Å². The van der Waals surface area contributed by atoms with Crippen LogP contribution in [0.2, 0.25) is 0 Å². The first-order valence-corrected chi connectivity index (χ1v) is 9.53. The maximum atomic E-state index is 12.4. The molecule has 1 heterocycles. The van der Waals surface area contributed by atoms with Gasteiger partial charge in [0, 0.05) is 8.95 Å². The van der Waals surface area contributed by atoms with Crippen LogP contribution >= 0.6 is 31.9 Å². The van der Waals surface area contributed by atoms with Crippen LogP contribution < -0.4 is 16.4 Å². The van der Waals surface area contributed by atoms with Gasteiger partial charge in [0.25, 0.3) is 0 Å². The van der Waals surface area contributed by atoms with Gasteiger partial charge in [-0.25, -0.2) is 9.79 Å². The predicted octanol–water partition coefficient (Wildman–Crippen LogP) is 3.11. The lowest BCUT2D eigenvalue weighted by molar-refractivity contribution is 0.0601. The second kappa shape index (κ2) is 6.95. The van der Waals surface area contributed by atoms with Gasteiger partial charge in [0.05, 0.1) is 18.4 Å². The summed E-state index contributed by atoms with van der Waals surface area (Å²) >= 11 is 6.97. The third kappa shape index (κ3) is 3.27. The number of halogens is 2. The molecule has 1 aromatic carbocycles. The maximum Gasteiger partial charge on any atom is 0.340 e. The number of hydrogen-bond acceptors (Lipinski definition) is 7. The number of carbonyl (C=O) groups excluding carboxylic acids is 1. The Kier molecular flexibility index (Phi) is 5.06. The van der Waals surface area contributed by atoms with Gasteiger partial charge in [0.15, 0.2) is 0 Å². The van der Waals surface area contributed by atoms with Crippen molar-refractivity contribution in [2.75, 3.05) is 12.0 Å². The van der Waals surface area contributed by atoms with E-state index in [1.165, 1.54) is 7.11 Å². The molecule has 1 saturated carbocycles. The minimum atomic E-state index is -0.632. The van der Waals surface area contributed by atoms with Gasteiger partial charge in [-0.05, 0) is 53.7 Å². The molecule has 0 bridgehead atoms. The number of nitrogens with zero attached hydrogens (tertiary/aromatic N) is 3. The number of rotatable bonds is 2. The van der Waals surface area contributed by atoms with Gasteiger partial charge in [0.1, 0.15) is 5.66 Å². The van der Waals surface area contributed by atoms with Gasteiger partial charge in [-0.1, -0.05) is 22.4 Å². The highest BCUT2D eigenvalue weighted by Crippen LogP contribution is 2.44. The van der Waals surface area contributed by atoms with Gasteiger partial charge in [-0.3, -0.25) is 4.90 Å². The van der Waals surface area contributed by atoms with E-state index in [4.69, 9.17) is 16.2 Å². The number of esters is 1. The van der Waals surface area contributed by atoms with Gasteiger partial charge < -0.3 is 16.2 Å². The van der Waals surface area contributed by atoms with Crippen molar-refractivity contribution in [2.24, 2.45) is 21.5 Å². The number of guanidine groups is 2. The molecule has 0 unspecified atom stereocenters. The zero-order valence-corrected chi connectivity index (χ0v) is 16.9. The molecule has 7 nitrogen and oxygen atoms in total. The quantitative estimate of drug-likeness (QED) is 0.643. The van der Waals surface area contributed by atoms with E-state index in [1.54, 1.807) is 6.07 Å². The van der Waals surface area contributed by atoms with Crippen molar-refractivity contribution in [3.63, 3.8) is 0 Å². The predicted molar refractivity (Wildman–Crippen MR) is 105 cm³/mol. The molecule has 4 N–H and O–H groups in total. The molecule has 1 aliphatic heterocycles. The molecule has 134 valence electrons. The van der Waals surface area contributed by atoms with Crippen molar-refractivity contribution in [1.29, 1.82) is 0 Å². The molecule has 25 heavy (non-hydrogen) atoms. The number of anilines is 1. The molecule has 0 atom stereocenters. The van der Waals surface area contributed by atoms with E-state index in [2.05, 4.69) is 41.8 Å². The Morgan fingerprint density at radius 3 is 2.56 bits per heavy atom. The van der Waals surface area contributed by atoms with Crippen LogP contribution in [0.15, 0.2) is 31.1 Å². The molecule has 2 aliphatic rings. The van der Waals surface area contributed by atoms with Crippen molar-refractivity contribution in [1.82, 2.24) is 0 Å². The second-order valence-corrected chi connectivity index (χ2v) is 7.86. The Morgan fingerprint density at radius 2 is 1.92 bits per heavy atom. The van der Waals surface area contributed by atoms with Gasteiger partial charge in [-0.15, -0.1) is 0 Å². The first-order chi connectivity index (χ1) is 11.9. The lowest BCUT2D eigenvalue weighted by Crippen LogP contribution is -2.58. The number of benzene rings is 1. The number of nitrogens with two attached hydrogens (primary N) is 2. The van der Waals surface area contributed by atoms with E-state index in [9.17, 15) is 4.79 Å². The zero-order chi connectivity index (χ0) is 18.2. The topological polar surface area (TPSA) is 106 Å². The fourth-order valence-electron chi connectivity index (χ4n) is 3.50. The van der Waals surface area contributed by atoms with E-state index in [0.29, 0.717) is 15.7 Å². The standard InChI is InChI=1S/C16H19Br2N5O2/c1-25-13(24)10-7-9(17)8-11(18)12(10)23-15(20)21-14(19)22-16(23)5-3-2-4-6-16/h7-8H,2-6H2,1H3,(H4,19,20,21,22). The number of ether oxygens (including phenoxy) is 1. The van der Waals surface area contributed by atoms with Gasteiger partial charge in [-0.2, -0.15) is 4.99 Å². The van der Waals surface area contributed by atoms with Crippen LogP contribution in [-0.4, -0.2) is 30.7 Å². The Morgan fingerprint density at radius 1 is 1.24 bits per heavy atom. The van der Waals surface area contributed by atoms with Gasteiger partial charge >= 0.3 is 5.97 Å². The van der Waals surface area contributed by atoms with E-state index in [-0.39, 0.29) is 11.9 Å². The van der Waals surface area contributed by atoms with Crippen LogP contribution in [0, 0.1) is 0 Å². The van der Waals surface area contributed by atoms with Crippen LogP contribution in [-0.2, 0) is 4.74 Å². The first-order valence-electron chi connectivity index (χ1n) is 7.95. The average Bonchev–Trinajstić information content (AvgIpc) is 2.55. The molecule has 0 radical (unpaired) electrons. The highest BCUT2D eigenvalue weighted by Gasteiger charge is 2.44. The Hall–Kier alpha value is -1.61. The summed E-state index contributed by atoms with van der Waals surface area (Å²) in [4.78, 5) is 23.0. The SMILES string of the molecule is COC(=O)c1cc(Br)cc(Br)c1N1C(N)=NC(N)=NC12CCCCC2. The normalized spacial score (nSPS) is 19.4. The summed E-state index contributed by atoms with van der Waals surface area (Å²) in [5, 5.41) is 0. The van der Waals surface area contributed by atoms with Crippen molar-refractivity contribution < 1.29 is 9.53 Å². The zero-order valence-electron chi connectivity index (χ0n) is 13.8. The number of aliphatic imine (C=N–C) groups is 2. The highest BCUT2D eigenvalue weighted by atomic mass is 79.9. The monoisotopic (exact) mass is 471 g/mol. The van der Waals surface area contributed by atoms with E-state index < -0.39 is 11.6 Å². The third-order valence-electron chi connectivity index (χ3n) is 4.51. The average molecular weight is 473 g/mol. The number of methoxy groups -OCH3 is 1. The molecule has 1 spiro atoms. The Balaban J connectivity index is 2.23. The Bertz CT molecular complexity index is 772. The summed E-state index contributed by atoms with van der Waals surface area (Å²) in [6.07, 6.45) is 4.71. The van der Waals surface area contributed by atoms with Crippen molar-refractivity contribution >= 4 is 55.4 Å². The molecule has 1 fully saturated rings. The van der Waals surface area contributed by atoms with Crippen molar-refractivity contribution in [2.45, 2.75) is 37.8 Å². The van der Waals surface area contributed by atoms with Crippen LogP contribution in [0.4, 0.5) is 5.69 Å². The second-order valence-electron chi connectivity index (χ2n) is 6.09. The summed E-state index contributed by atoms with van der Waals surface area (Å²) in [7, 11) is 1.35. The largest absolute Gasteiger partial charge is 0.465 e.